The van der Waals surface area contributed by atoms with E-state index in [1.54, 1.807) is 12.1 Å². The van der Waals surface area contributed by atoms with Gasteiger partial charge in [-0.3, -0.25) is 4.79 Å². The van der Waals surface area contributed by atoms with Crippen LogP contribution in [0.3, 0.4) is 0 Å². The molecule has 144 valence electrons. The van der Waals surface area contributed by atoms with Crippen LogP contribution in [0.5, 0.6) is 0 Å². The second kappa shape index (κ2) is 6.89. The van der Waals surface area contributed by atoms with Crippen LogP contribution in [-0.2, 0) is 0 Å². The van der Waals surface area contributed by atoms with Crippen LogP contribution in [-0.4, -0.2) is 31.5 Å². The third-order valence-electron chi connectivity index (χ3n) is 5.74. The first-order valence-electron chi connectivity index (χ1n) is 10.1. The molecule has 2 fully saturated rings. The van der Waals surface area contributed by atoms with Crippen LogP contribution in [0.25, 0.3) is 22.6 Å². The zero-order valence-corrected chi connectivity index (χ0v) is 15.8. The summed E-state index contributed by atoms with van der Waals surface area (Å²) in [5, 5.41) is 3.51. The van der Waals surface area contributed by atoms with Gasteiger partial charge in [0, 0.05) is 23.2 Å². The monoisotopic (exact) mass is 376 g/mol. The van der Waals surface area contributed by atoms with Crippen molar-refractivity contribution in [1.82, 2.24) is 19.5 Å². The first kappa shape index (κ1) is 17.2. The van der Waals surface area contributed by atoms with Crippen molar-refractivity contribution in [3.05, 3.63) is 36.2 Å². The topological polar surface area (TPSA) is 98.7 Å². The van der Waals surface area contributed by atoms with Crippen LogP contribution in [0.15, 0.2) is 30.6 Å². The Morgan fingerprint density at radius 1 is 1.04 bits per heavy atom. The summed E-state index contributed by atoms with van der Waals surface area (Å²) in [5.41, 5.74) is 8.43. The minimum atomic E-state index is -0.436. The number of primary amides is 1. The number of fused-ring (bicyclic) bond motifs is 1. The highest BCUT2D eigenvalue weighted by Gasteiger charge is 2.26. The van der Waals surface area contributed by atoms with Gasteiger partial charge < -0.3 is 15.6 Å². The summed E-state index contributed by atoms with van der Waals surface area (Å²) in [6, 6.07) is 8.07. The number of carbonyl (C=O) groups excluding carboxylic acids is 1. The second-order valence-electron chi connectivity index (χ2n) is 7.87. The Balaban J connectivity index is 1.60. The van der Waals surface area contributed by atoms with Gasteiger partial charge in [0.1, 0.15) is 5.52 Å². The Hall–Kier alpha value is -2.96. The lowest BCUT2D eigenvalue weighted by Crippen LogP contribution is -2.13. The molecule has 0 spiro atoms. The van der Waals surface area contributed by atoms with Crippen molar-refractivity contribution in [2.24, 2.45) is 5.73 Å². The van der Waals surface area contributed by atoms with Crippen LogP contribution >= 0.6 is 0 Å². The third kappa shape index (κ3) is 3.21. The van der Waals surface area contributed by atoms with E-state index in [1.807, 2.05) is 18.5 Å². The molecule has 5 rings (SSSR count). The summed E-state index contributed by atoms with van der Waals surface area (Å²) >= 11 is 0. The molecule has 0 radical (unpaired) electrons. The average molecular weight is 376 g/mol. The number of rotatable bonds is 5. The van der Waals surface area contributed by atoms with Crippen molar-refractivity contribution in [1.29, 1.82) is 0 Å². The van der Waals surface area contributed by atoms with Crippen molar-refractivity contribution < 1.29 is 4.79 Å². The van der Waals surface area contributed by atoms with Gasteiger partial charge in [0.2, 0.25) is 5.91 Å². The number of hydrogen-bond acceptors (Lipinski definition) is 5. The largest absolute Gasteiger partial charge is 0.366 e. The standard InChI is InChI=1S/C21H24N6O/c22-18(28)13-6-8-14(9-7-13)19-25-20(24-15-10-11-15)17-21(26-19)27(12-23-17)16-4-2-1-3-5-16/h6-9,12,15-16H,1-5,10-11H2,(H2,22,28)(H,24,25,26). The Kier molecular flexibility index (Phi) is 4.22. The predicted octanol–water partition coefficient (Wildman–Crippen LogP) is 3.67. The molecule has 0 bridgehead atoms. The highest BCUT2D eigenvalue weighted by Crippen LogP contribution is 2.34. The average Bonchev–Trinajstić information content (AvgIpc) is 3.44. The first-order chi connectivity index (χ1) is 13.7. The van der Waals surface area contributed by atoms with Gasteiger partial charge in [-0.2, -0.15) is 0 Å². The van der Waals surface area contributed by atoms with E-state index in [4.69, 9.17) is 15.7 Å². The summed E-state index contributed by atoms with van der Waals surface area (Å²) in [6.07, 6.45) is 10.4. The Morgan fingerprint density at radius 3 is 2.46 bits per heavy atom. The van der Waals surface area contributed by atoms with Gasteiger partial charge in [-0.15, -0.1) is 0 Å². The van der Waals surface area contributed by atoms with Crippen LogP contribution in [0.1, 0.15) is 61.3 Å². The SMILES string of the molecule is NC(=O)c1ccc(-c2nc(NC3CC3)c3ncn(C4CCCCC4)c3n2)cc1. The lowest BCUT2D eigenvalue weighted by molar-refractivity contribution is 0.100. The van der Waals surface area contributed by atoms with Gasteiger partial charge in [-0.25, -0.2) is 15.0 Å². The van der Waals surface area contributed by atoms with E-state index >= 15 is 0 Å². The lowest BCUT2D eigenvalue weighted by Gasteiger charge is -2.23. The number of amides is 1. The van der Waals surface area contributed by atoms with Gasteiger partial charge >= 0.3 is 0 Å². The molecule has 3 N–H and O–H groups in total. The molecule has 0 aliphatic heterocycles. The van der Waals surface area contributed by atoms with E-state index in [0.717, 1.165) is 35.4 Å². The number of imidazole rings is 1. The van der Waals surface area contributed by atoms with E-state index in [2.05, 4.69) is 14.9 Å². The smallest absolute Gasteiger partial charge is 0.248 e. The molecule has 0 atom stereocenters. The Bertz CT molecular complexity index is 1020. The van der Waals surface area contributed by atoms with E-state index in [0.29, 0.717) is 23.5 Å². The molecule has 2 aliphatic rings. The fourth-order valence-corrected chi connectivity index (χ4v) is 3.98. The summed E-state index contributed by atoms with van der Waals surface area (Å²) in [7, 11) is 0. The lowest BCUT2D eigenvalue weighted by atomic mass is 9.95. The number of hydrogen-bond donors (Lipinski definition) is 2. The van der Waals surface area contributed by atoms with Crippen molar-refractivity contribution in [3.8, 4) is 11.4 Å². The molecule has 0 unspecified atom stereocenters. The van der Waals surface area contributed by atoms with Gasteiger partial charge in [-0.1, -0.05) is 31.4 Å². The van der Waals surface area contributed by atoms with Crippen molar-refractivity contribution in [2.75, 3.05) is 5.32 Å². The van der Waals surface area contributed by atoms with E-state index in [-0.39, 0.29) is 0 Å². The number of nitrogens with one attached hydrogen (secondary N) is 1. The molecule has 0 saturated heterocycles. The maximum Gasteiger partial charge on any atom is 0.248 e. The quantitative estimate of drug-likeness (QED) is 0.708. The summed E-state index contributed by atoms with van der Waals surface area (Å²) in [5.74, 6) is 1.01. The highest BCUT2D eigenvalue weighted by molar-refractivity contribution is 5.93. The number of benzene rings is 1. The van der Waals surface area contributed by atoms with Crippen LogP contribution in [0.4, 0.5) is 5.82 Å². The van der Waals surface area contributed by atoms with Gasteiger partial charge in [0.25, 0.3) is 0 Å². The molecule has 28 heavy (non-hydrogen) atoms. The molecule has 2 aromatic heterocycles. The minimum Gasteiger partial charge on any atom is -0.366 e. The van der Waals surface area contributed by atoms with Crippen molar-refractivity contribution in [3.63, 3.8) is 0 Å². The molecule has 2 heterocycles. The molecule has 7 nitrogen and oxygen atoms in total. The van der Waals surface area contributed by atoms with Gasteiger partial charge in [0.05, 0.1) is 6.33 Å². The van der Waals surface area contributed by atoms with E-state index in [9.17, 15) is 4.79 Å². The molecule has 1 aromatic carbocycles. The molecule has 7 heteroatoms. The van der Waals surface area contributed by atoms with Crippen LogP contribution in [0.2, 0.25) is 0 Å². The summed E-state index contributed by atoms with van der Waals surface area (Å²) in [4.78, 5) is 25.7. The first-order valence-corrected chi connectivity index (χ1v) is 10.1. The van der Waals surface area contributed by atoms with Crippen molar-refractivity contribution in [2.45, 2.75) is 57.0 Å². The minimum absolute atomic E-state index is 0.436. The fourth-order valence-electron chi connectivity index (χ4n) is 3.98. The summed E-state index contributed by atoms with van der Waals surface area (Å²) in [6.45, 7) is 0. The number of nitrogens with two attached hydrogens (primary N) is 1. The predicted molar refractivity (Wildman–Crippen MR) is 108 cm³/mol. The van der Waals surface area contributed by atoms with E-state index in [1.165, 1.54) is 32.1 Å². The summed E-state index contributed by atoms with van der Waals surface area (Å²) < 4.78 is 2.23. The second-order valence-corrected chi connectivity index (χ2v) is 7.87. The Morgan fingerprint density at radius 2 is 1.79 bits per heavy atom. The normalized spacial score (nSPS) is 17.7. The molecular weight excluding hydrogens is 352 g/mol. The van der Waals surface area contributed by atoms with Crippen LogP contribution in [0, 0.1) is 0 Å². The number of nitrogens with zero attached hydrogens (tertiary/aromatic N) is 4. The molecule has 2 saturated carbocycles. The van der Waals surface area contributed by atoms with Crippen molar-refractivity contribution >= 4 is 22.9 Å². The number of aromatic nitrogens is 4. The molecule has 2 aliphatic carbocycles. The maximum atomic E-state index is 11.4. The highest BCUT2D eigenvalue weighted by atomic mass is 16.1. The zero-order valence-electron chi connectivity index (χ0n) is 15.8. The van der Waals surface area contributed by atoms with Crippen LogP contribution < -0.4 is 11.1 Å². The zero-order chi connectivity index (χ0) is 19.1. The molecule has 1 amide bonds. The third-order valence-corrected chi connectivity index (χ3v) is 5.74. The maximum absolute atomic E-state index is 11.4. The molecular formula is C21H24N6O. The van der Waals surface area contributed by atoms with Gasteiger partial charge in [0.15, 0.2) is 17.3 Å². The van der Waals surface area contributed by atoms with Gasteiger partial charge in [-0.05, 0) is 37.8 Å². The number of anilines is 1. The fraction of sp³-hybridized carbons (Fsp3) is 0.429. The Labute approximate surface area is 163 Å². The van der Waals surface area contributed by atoms with E-state index < -0.39 is 5.91 Å². The molecule has 3 aromatic rings. The number of carbonyl (C=O) groups is 1.